The molecule has 26 heavy (non-hydrogen) atoms. The molecule has 0 radical (unpaired) electrons. The molecule has 1 aromatic carbocycles. The van der Waals surface area contributed by atoms with Gasteiger partial charge < -0.3 is 13.9 Å². The number of ether oxygens (including phenoxy) is 2. The molecule has 2 aromatic heterocycles. The van der Waals surface area contributed by atoms with Crippen LogP contribution < -0.4 is 4.74 Å². The van der Waals surface area contributed by atoms with E-state index in [1.54, 1.807) is 0 Å². The molecule has 0 N–H and O–H groups in total. The van der Waals surface area contributed by atoms with Crippen LogP contribution in [0.3, 0.4) is 0 Å². The van der Waals surface area contributed by atoms with E-state index < -0.39 is 0 Å². The van der Waals surface area contributed by atoms with Crippen LogP contribution in [0.15, 0.2) is 42.7 Å². The summed E-state index contributed by atoms with van der Waals surface area (Å²) >= 11 is 0. The molecule has 1 fully saturated rings. The number of aryl methyl sites for hydroxylation is 1. The Bertz CT molecular complexity index is 897. The zero-order valence-electron chi connectivity index (χ0n) is 15.4. The standard InChI is InChI=1S/C21H25N3O2/c1-16-4-3-5-20(17(16)2)26-15-19-14-24-13-18(6-7-21(24)22-19)12-23-8-10-25-11-9-23/h3-7,13-14H,8-12,15H2,1-2H3. The van der Waals surface area contributed by atoms with Crippen molar-refractivity contribution in [1.82, 2.24) is 14.3 Å². The summed E-state index contributed by atoms with van der Waals surface area (Å²) in [6.07, 6.45) is 4.22. The Hall–Kier alpha value is -2.37. The molecule has 5 nitrogen and oxygen atoms in total. The molecule has 0 spiro atoms. The second-order valence-electron chi connectivity index (χ2n) is 6.91. The molecule has 0 unspecified atom stereocenters. The highest BCUT2D eigenvalue weighted by Crippen LogP contribution is 2.21. The van der Waals surface area contributed by atoms with Crippen LogP contribution >= 0.6 is 0 Å². The predicted molar refractivity (Wildman–Crippen MR) is 102 cm³/mol. The smallest absolute Gasteiger partial charge is 0.137 e. The van der Waals surface area contributed by atoms with Gasteiger partial charge in [-0.25, -0.2) is 4.98 Å². The second-order valence-corrected chi connectivity index (χ2v) is 6.91. The van der Waals surface area contributed by atoms with Gasteiger partial charge in [0, 0.05) is 32.0 Å². The third-order valence-electron chi connectivity index (χ3n) is 5.00. The highest BCUT2D eigenvalue weighted by Gasteiger charge is 2.11. The molecular weight excluding hydrogens is 326 g/mol. The largest absolute Gasteiger partial charge is 0.487 e. The van der Waals surface area contributed by atoms with Crippen molar-refractivity contribution in [1.29, 1.82) is 0 Å². The molecule has 1 aliphatic heterocycles. The van der Waals surface area contributed by atoms with Crippen molar-refractivity contribution in [3.8, 4) is 5.75 Å². The Morgan fingerprint density at radius 2 is 1.92 bits per heavy atom. The highest BCUT2D eigenvalue weighted by molar-refractivity contribution is 5.42. The number of nitrogens with zero attached hydrogens (tertiary/aromatic N) is 3. The average Bonchev–Trinajstić information content (AvgIpc) is 3.06. The number of hydrogen-bond acceptors (Lipinski definition) is 4. The van der Waals surface area contributed by atoms with Crippen molar-refractivity contribution < 1.29 is 9.47 Å². The fraction of sp³-hybridized carbons (Fsp3) is 0.381. The van der Waals surface area contributed by atoms with Gasteiger partial charge >= 0.3 is 0 Å². The van der Waals surface area contributed by atoms with E-state index in [0.29, 0.717) is 6.61 Å². The number of aromatic nitrogens is 2. The summed E-state index contributed by atoms with van der Waals surface area (Å²) in [6.45, 7) is 9.26. The summed E-state index contributed by atoms with van der Waals surface area (Å²) in [6, 6.07) is 10.4. The Morgan fingerprint density at radius 1 is 1.08 bits per heavy atom. The highest BCUT2D eigenvalue weighted by atomic mass is 16.5. The molecule has 0 atom stereocenters. The van der Waals surface area contributed by atoms with Crippen LogP contribution in [0.1, 0.15) is 22.4 Å². The van der Waals surface area contributed by atoms with Crippen LogP contribution in [0, 0.1) is 13.8 Å². The Kier molecular flexibility index (Phi) is 4.91. The lowest BCUT2D eigenvalue weighted by molar-refractivity contribution is 0.0341. The van der Waals surface area contributed by atoms with E-state index in [9.17, 15) is 0 Å². The number of benzene rings is 1. The number of pyridine rings is 1. The Labute approximate surface area is 154 Å². The first-order valence-electron chi connectivity index (χ1n) is 9.15. The zero-order valence-corrected chi connectivity index (χ0v) is 15.4. The van der Waals surface area contributed by atoms with Gasteiger partial charge in [0.15, 0.2) is 0 Å². The van der Waals surface area contributed by atoms with Crippen molar-refractivity contribution >= 4 is 5.65 Å². The molecule has 4 rings (SSSR count). The molecule has 3 aromatic rings. The minimum absolute atomic E-state index is 0.477. The molecule has 0 aliphatic carbocycles. The van der Waals surface area contributed by atoms with Gasteiger partial charge in [-0.05, 0) is 42.7 Å². The van der Waals surface area contributed by atoms with Crippen LogP contribution in [0.5, 0.6) is 5.75 Å². The van der Waals surface area contributed by atoms with Gasteiger partial charge in [-0.2, -0.15) is 0 Å². The molecular formula is C21H25N3O2. The second kappa shape index (κ2) is 7.48. The van der Waals surface area contributed by atoms with Gasteiger partial charge in [-0.15, -0.1) is 0 Å². The molecule has 0 bridgehead atoms. The molecule has 0 saturated carbocycles. The maximum absolute atomic E-state index is 5.99. The van der Waals surface area contributed by atoms with Crippen molar-refractivity contribution in [2.75, 3.05) is 26.3 Å². The minimum Gasteiger partial charge on any atom is -0.487 e. The maximum atomic E-state index is 5.99. The third kappa shape index (κ3) is 3.74. The quantitative estimate of drug-likeness (QED) is 0.707. The predicted octanol–water partition coefficient (Wildman–Crippen LogP) is 3.36. The summed E-state index contributed by atoms with van der Waals surface area (Å²) < 4.78 is 13.5. The number of fused-ring (bicyclic) bond motifs is 1. The average molecular weight is 351 g/mol. The molecule has 5 heteroatoms. The maximum Gasteiger partial charge on any atom is 0.137 e. The van der Waals surface area contributed by atoms with Crippen LogP contribution in [0.2, 0.25) is 0 Å². The first kappa shape index (κ1) is 17.1. The summed E-state index contributed by atoms with van der Waals surface area (Å²) in [7, 11) is 0. The van der Waals surface area contributed by atoms with Gasteiger partial charge in [0.25, 0.3) is 0 Å². The van der Waals surface area contributed by atoms with Crippen molar-refractivity contribution in [3.05, 3.63) is 65.1 Å². The van der Waals surface area contributed by atoms with Crippen molar-refractivity contribution in [2.24, 2.45) is 0 Å². The first-order chi connectivity index (χ1) is 12.7. The van der Waals surface area contributed by atoms with Crippen LogP contribution in [-0.4, -0.2) is 40.6 Å². The van der Waals surface area contributed by atoms with Crippen molar-refractivity contribution in [2.45, 2.75) is 27.0 Å². The summed E-state index contributed by atoms with van der Waals surface area (Å²) in [5, 5.41) is 0. The van der Waals surface area contributed by atoms with E-state index in [0.717, 1.165) is 49.9 Å². The number of imidazole rings is 1. The minimum atomic E-state index is 0.477. The van der Waals surface area contributed by atoms with Crippen LogP contribution in [0.25, 0.3) is 5.65 Å². The van der Waals surface area contributed by atoms with Gasteiger partial charge in [0.05, 0.1) is 18.9 Å². The van der Waals surface area contributed by atoms with Crippen LogP contribution in [-0.2, 0) is 17.9 Å². The Morgan fingerprint density at radius 3 is 2.77 bits per heavy atom. The lowest BCUT2D eigenvalue weighted by Gasteiger charge is -2.26. The van der Waals surface area contributed by atoms with E-state index in [1.165, 1.54) is 16.7 Å². The monoisotopic (exact) mass is 351 g/mol. The number of hydrogen-bond donors (Lipinski definition) is 0. The van der Waals surface area contributed by atoms with E-state index in [4.69, 9.17) is 9.47 Å². The van der Waals surface area contributed by atoms with E-state index in [-0.39, 0.29) is 0 Å². The molecule has 3 heterocycles. The van der Waals surface area contributed by atoms with E-state index in [2.05, 4.69) is 58.7 Å². The lowest BCUT2D eigenvalue weighted by Crippen LogP contribution is -2.35. The third-order valence-corrected chi connectivity index (χ3v) is 5.00. The zero-order chi connectivity index (χ0) is 17.9. The topological polar surface area (TPSA) is 39.0 Å². The van der Waals surface area contributed by atoms with Crippen molar-refractivity contribution in [3.63, 3.8) is 0 Å². The Balaban J connectivity index is 1.46. The van der Waals surface area contributed by atoms with Gasteiger partial charge in [-0.3, -0.25) is 4.90 Å². The SMILES string of the molecule is Cc1cccc(OCc2cn3cc(CN4CCOCC4)ccc3n2)c1C. The number of morpholine rings is 1. The van der Waals surface area contributed by atoms with E-state index >= 15 is 0 Å². The molecule has 0 amide bonds. The molecule has 1 aliphatic rings. The van der Waals surface area contributed by atoms with Crippen LogP contribution in [0.4, 0.5) is 0 Å². The fourth-order valence-corrected chi connectivity index (χ4v) is 3.30. The molecule has 1 saturated heterocycles. The summed E-state index contributed by atoms with van der Waals surface area (Å²) in [5.74, 6) is 0.926. The normalized spacial score (nSPS) is 15.5. The van der Waals surface area contributed by atoms with Gasteiger partial charge in [0.1, 0.15) is 18.0 Å². The lowest BCUT2D eigenvalue weighted by atomic mass is 10.1. The van der Waals surface area contributed by atoms with Gasteiger partial charge in [0.2, 0.25) is 0 Å². The fourth-order valence-electron chi connectivity index (χ4n) is 3.30. The van der Waals surface area contributed by atoms with Gasteiger partial charge in [-0.1, -0.05) is 18.2 Å². The summed E-state index contributed by atoms with van der Waals surface area (Å²) in [5.41, 5.74) is 5.61. The van der Waals surface area contributed by atoms with E-state index in [1.807, 2.05) is 12.1 Å². The summed E-state index contributed by atoms with van der Waals surface area (Å²) in [4.78, 5) is 7.09. The molecule has 136 valence electrons. The number of rotatable bonds is 5. The first-order valence-corrected chi connectivity index (χ1v) is 9.15.